The molecule has 0 unspecified atom stereocenters. The van der Waals surface area contributed by atoms with Crippen molar-refractivity contribution in [2.45, 2.75) is 26.3 Å². The van der Waals surface area contributed by atoms with E-state index in [2.05, 4.69) is 20.1 Å². The van der Waals surface area contributed by atoms with Crippen molar-refractivity contribution in [1.29, 1.82) is 0 Å². The third-order valence-corrected chi connectivity index (χ3v) is 6.31. The van der Waals surface area contributed by atoms with Crippen molar-refractivity contribution in [3.8, 4) is 0 Å². The molecule has 2 aliphatic heterocycles. The van der Waals surface area contributed by atoms with Gasteiger partial charge in [0.25, 0.3) is 0 Å². The lowest BCUT2D eigenvalue weighted by Crippen LogP contribution is -2.41. The van der Waals surface area contributed by atoms with Crippen LogP contribution in [0.15, 0.2) is 48.1 Å². The highest BCUT2D eigenvalue weighted by atomic mass is 35.5. The Bertz CT molecular complexity index is 1010. The Balaban J connectivity index is 1.58. The summed E-state index contributed by atoms with van der Waals surface area (Å²) in [6.45, 7) is 5.83. The fraction of sp³-hybridized carbons (Fsp3) is 0.348. The quantitative estimate of drug-likeness (QED) is 0.658. The van der Waals surface area contributed by atoms with Crippen molar-refractivity contribution >= 4 is 23.1 Å². The van der Waals surface area contributed by atoms with Crippen LogP contribution in [0.1, 0.15) is 29.5 Å². The van der Waals surface area contributed by atoms with E-state index in [4.69, 9.17) is 23.1 Å². The smallest absolute Gasteiger partial charge is 0.142 e. The third kappa shape index (κ3) is 4.56. The molecule has 0 saturated carbocycles. The molecule has 0 spiro atoms. The normalized spacial score (nSPS) is 17.3. The summed E-state index contributed by atoms with van der Waals surface area (Å²) >= 11 is 6.26. The minimum atomic E-state index is -0.421. The molecule has 2 aliphatic rings. The van der Waals surface area contributed by atoms with E-state index in [1.165, 1.54) is 18.9 Å². The lowest BCUT2D eigenvalue weighted by molar-refractivity contribution is 0.320. The second kappa shape index (κ2) is 9.06. The first-order valence-corrected chi connectivity index (χ1v) is 10.9. The number of nitrogens with two attached hydrogens (primary N) is 2. The van der Waals surface area contributed by atoms with E-state index in [1.54, 1.807) is 12.3 Å². The summed E-state index contributed by atoms with van der Waals surface area (Å²) in [5, 5.41) is 3.33. The lowest BCUT2D eigenvalue weighted by atomic mass is 10.1. The highest BCUT2D eigenvalue weighted by molar-refractivity contribution is 6.31. The number of pyridine rings is 1. The monoisotopic (exact) mass is 442 g/mol. The molecule has 0 aliphatic carbocycles. The average Bonchev–Trinajstić information content (AvgIpc) is 3.31. The number of aryl methyl sites for hydroxylation is 1. The second-order valence-corrected chi connectivity index (χ2v) is 8.38. The van der Waals surface area contributed by atoms with Crippen molar-refractivity contribution in [3.63, 3.8) is 0 Å². The summed E-state index contributed by atoms with van der Waals surface area (Å²) in [6.07, 6.45) is 6.05. The number of anilines is 1. The maximum atomic E-state index is 14.0. The minimum Gasteiger partial charge on any atom is -0.398 e. The largest absolute Gasteiger partial charge is 0.398 e. The van der Waals surface area contributed by atoms with Crippen LogP contribution in [0.2, 0.25) is 5.02 Å². The molecule has 5 N–H and O–H groups in total. The van der Waals surface area contributed by atoms with Gasteiger partial charge in [-0.1, -0.05) is 17.7 Å². The van der Waals surface area contributed by atoms with Crippen LogP contribution in [0, 0.1) is 12.7 Å². The molecule has 164 valence electrons. The highest BCUT2D eigenvalue weighted by Gasteiger charge is 2.21. The fourth-order valence-corrected chi connectivity index (χ4v) is 4.31. The molecule has 2 aromatic rings. The van der Waals surface area contributed by atoms with Crippen molar-refractivity contribution in [2.24, 2.45) is 11.5 Å². The van der Waals surface area contributed by atoms with E-state index in [9.17, 15) is 4.39 Å². The van der Waals surface area contributed by atoms with Gasteiger partial charge in [-0.15, -0.1) is 0 Å². The summed E-state index contributed by atoms with van der Waals surface area (Å²) in [5.41, 5.74) is 16.5. The zero-order chi connectivity index (χ0) is 22.0. The maximum Gasteiger partial charge on any atom is 0.142 e. The van der Waals surface area contributed by atoms with E-state index in [1.807, 2.05) is 25.1 Å². The van der Waals surface area contributed by atoms with Gasteiger partial charge in [0.1, 0.15) is 17.5 Å². The number of nitrogens with one attached hydrogen (secondary N) is 1. The van der Waals surface area contributed by atoms with Gasteiger partial charge in [0.2, 0.25) is 0 Å². The molecule has 1 aromatic heterocycles. The number of hydrogen-bond acceptors (Lipinski definition) is 6. The average molecular weight is 443 g/mol. The second-order valence-electron chi connectivity index (χ2n) is 8.00. The summed E-state index contributed by atoms with van der Waals surface area (Å²) < 4.78 is 14.0. The lowest BCUT2D eigenvalue weighted by Gasteiger charge is -2.33. The molecular weight excluding hydrogens is 415 g/mol. The SMILES string of the molecule is Cc1ccc(F)c(Cl)c1CN1CCNC(N)=C1C=C(N)c1ccc(N2CCCC2)nc1. The summed E-state index contributed by atoms with van der Waals surface area (Å²) in [5.74, 6) is 1.08. The van der Waals surface area contributed by atoms with Gasteiger partial charge in [-0.3, -0.25) is 0 Å². The van der Waals surface area contributed by atoms with Gasteiger partial charge >= 0.3 is 0 Å². The van der Waals surface area contributed by atoms with Crippen molar-refractivity contribution in [1.82, 2.24) is 15.2 Å². The molecule has 4 rings (SSSR count). The van der Waals surface area contributed by atoms with Crippen molar-refractivity contribution in [2.75, 3.05) is 31.1 Å². The van der Waals surface area contributed by atoms with Crippen LogP contribution in [0.3, 0.4) is 0 Å². The first-order chi connectivity index (χ1) is 14.9. The zero-order valence-corrected chi connectivity index (χ0v) is 18.4. The Hall–Kier alpha value is -2.93. The van der Waals surface area contributed by atoms with E-state index < -0.39 is 5.82 Å². The van der Waals surface area contributed by atoms with E-state index in [0.29, 0.717) is 31.2 Å². The fourth-order valence-electron chi connectivity index (χ4n) is 4.04. The van der Waals surface area contributed by atoms with Crippen molar-refractivity contribution < 1.29 is 4.39 Å². The van der Waals surface area contributed by atoms with Gasteiger partial charge in [0, 0.05) is 50.2 Å². The number of hydrogen-bond donors (Lipinski definition) is 3. The molecule has 3 heterocycles. The molecule has 1 saturated heterocycles. The molecule has 6 nitrogen and oxygen atoms in total. The van der Waals surface area contributed by atoms with E-state index in [0.717, 1.165) is 41.3 Å². The number of aromatic nitrogens is 1. The van der Waals surface area contributed by atoms with Gasteiger partial charge in [0.05, 0.1) is 10.7 Å². The first-order valence-electron chi connectivity index (χ1n) is 10.5. The summed E-state index contributed by atoms with van der Waals surface area (Å²) in [7, 11) is 0. The third-order valence-electron chi connectivity index (χ3n) is 5.90. The summed E-state index contributed by atoms with van der Waals surface area (Å²) in [6, 6.07) is 7.12. The van der Waals surface area contributed by atoms with Crippen LogP contribution >= 0.6 is 11.6 Å². The number of benzene rings is 1. The zero-order valence-electron chi connectivity index (χ0n) is 17.7. The molecule has 1 aromatic carbocycles. The van der Waals surface area contributed by atoms with Gasteiger partial charge < -0.3 is 26.6 Å². The van der Waals surface area contributed by atoms with Crippen LogP contribution in [0.4, 0.5) is 10.2 Å². The van der Waals surface area contributed by atoms with Crippen LogP contribution in [0.25, 0.3) is 5.70 Å². The van der Waals surface area contributed by atoms with Crippen molar-refractivity contribution in [3.05, 3.63) is 75.6 Å². The minimum absolute atomic E-state index is 0.148. The van der Waals surface area contributed by atoms with Crippen LogP contribution in [-0.4, -0.2) is 36.1 Å². The van der Waals surface area contributed by atoms with E-state index >= 15 is 0 Å². The number of nitrogens with zero attached hydrogens (tertiary/aromatic N) is 3. The van der Waals surface area contributed by atoms with Gasteiger partial charge in [-0.05, 0) is 55.2 Å². The molecular formula is C23H28ClFN6. The topological polar surface area (TPSA) is 83.4 Å². The molecule has 0 amide bonds. The Kier molecular flexibility index (Phi) is 6.23. The number of rotatable bonds is 5. The Morgan fingerprint density at radius 3 is 2.71 bits per heavy atom. The predicted molar refractivity (Wildman–Crippen MR) is 124 cm³/mol. The molecule has 0 bridgehead atoms. The Morgan fingerprint density at radius 2 is 2.00 bits per heavy atom. The molecule has 8 heteroatoms. The number of allylic oxidation sites excluding steroid dienone is 1. The van der Waals surface area contributed by atoms with Gasteiger partial charge in [-0.25, -0.2) is 9.37 Å². The highest BCUT2D eigenvalue weighted by Crippen LogP contribution is 2.28. The number of halogens is 2. The van der Waals surface area contributed by atoms with Gasteiger partial charge in [0.15, 0.2) is 0 Å². The molecule has 0 atom stereocenters. The molecule has 31 heavy (non-hydrogen) atoms. The Labute approximate surface area is 187 Å². The first kappa shape index (κ1) is 21.3. The maximum absolute atomic E-state index is 14.0. The summed E-state index contributed by atoms with van der Waals surface area (Å²) in [4.78, 5) is 8.93. The van der Waals surface area contributed by atoms with Crippen LogP contribution in [0.5, 0.6) is 0 Å². The Morgan fingerprint density at radius 1 is 1.23 bits per heavy atom. The predicted octanol–water partition coefficient (Wildman–Crippen LogP) is 3.32. The van der Waals surface area contributed by atoms with Gasteiger partial charge in [-0.2, -0.15) is 0 Å². The standard InChI is InChI=1S/C23H28ClFN6/c1-15-4-6-18(25)22(24)17(15)14-31-11-8-28-23(27)20(31)12-19(26)16-5-7-21(29-13-16)30-9-2-3-10-30/h4-7,12-13,28H,2-3,8-11,14,26-27H2,1H3. The van der Waals surface area contributed by atoms with Crippen LogP contribution < -0.4 is 21.7 Å². The van der Waals surface area contributed by atoms with E-state index in [-0.39, 0.29) is 5.02 Å². The molecule has 1 fully saturated rings. The van der Waals surface area contributed by atoms with Crippen LogP contribution in [-0.2, 0) is 6.54 Å². The molecule has 0 radical (unpaired) electrons.